The highest BCUT2D eigenvalue weighted by Gasteiger charge is 2.58. The van der Waals surface area contributed by atoms with Crippen molar-refractivity contribution < 1.29 is 153 Å². The number of amides is 3. The van der Waals surface area contributed by atoms with Crippen molar-refractivity contribution in [2.24, 2.45) is 0 Å². The standard InChI is InChI=1S/C42H71N3O31/c1-10(51)43-19-27(59)33(16(7-49)67-37(19)65)73-39-21(45-12(3)53)28(60)34(17(8-50)71-39)74-41-32(64)35(25(57)18(72-41)9-66-40-31(63)29(61)23(55)14(5-47)69-40)75-42-36(30(62)24(56)15(6-48)70-42)76-38-20(44-11(2)52)26(58)22(54)13(4-46)68-38/h13-42,46-50,54-65H,4-9H2,1-3H3,(H,43,51)(H,44,52)(H,45,53)/t13-,14-,15-,16-,17-,18-,19-,20-,21-,22-,23-,24-,25-,26-,27-,28-,29+,30+,31+,32+,33-,34-,35+,36+,37-,38+,39+,40+,41+,42-/m1/s1. The third-order valence-corrected chi connectivity index (χ3v) is 13.6. The second kappa shape index (κ2) is 27.2. The largest absolute Gasteiger partial charge is 0.394 e. The van der Waals surface area contributed by atoms with Gasteiger partial charge in [-0.05, 0) is 0 Å². The number of aliphatic hydroxyl groups is 17. The van der Waals surface area contributed by atoms with Crippen molar-refractivity contribution in [3.63, 3.8) is 0 Å². The van der Waals surface area contributed by atoms with E-state index in [1.165, 1.54) is 0 Å². The van der Waals surface area contributed by atoms with Gasteiger partial charge in [-0.1, -0.05) is 0 Å². The van der Waals surface area contributed by atoms with E-state index < -0.39 is 241 Å². The predicted octanol–water partition coefficient (Wildman–Crippen LogP) is -13.7. The molecule has 0 aliphatic carbocycles. The topological polar surface area (TPSA) is 533 Å². The van der Waals surface area contributed by atoms with Crippen molar-refractivity contribution in [2.75, 3.05) is 39.6 Å². The van der Waals surface area contributed by atoms with Gasteiger partial charge in [0, 0.05) is 20.8 Å². The third-order valence-electron chi connectivity index (χ3n) is 13.6. The van der Waals surface area contributed by atoms with E-state index in [1.807, 2.05) is 0 Å². The Morgan fingerprint density at radius 1 is 0.342 bits per heavy atom. The molecule has 76 heavy (non-hydrogen) atoms. The van der Waals surface area contributed by atoms with Crippen LogP contribution in [0.4, 0.5) is 0 Å². The van der Waals surface area contributed by atoms with Gasteiger partial charge < -0.3 is 155 Å². The zero-order valence-corrected chi connectivity index (χ0v) is 40.9. The first-order valence-electron chi connectivity index (χ1n) is 24.1. The van der Waals surface area contributed by atoms with Gasteiger partial charge in [0.15, 0.2) is 37.7 Å². The lowest BCUT2D eigenvalue weighted by Gasteiger charge is -2.51. The summed E-state index contributed by atoms with van der Waals surface area (Å²) in [6.07, 6.45) is -52.0. The first-order valence-corrected chi connectivity index (χ1v) is 24.1. The Kier molecular flexibility index (Phi) is 22.3. The third kappa shape index (κ3) is 13.7. The highest BCUT2D eigenvalue weighted by molar-refractivity contribution is 5.74. The molecular formula is C42H71N3O31. The molecule has 6 rings (SSSR count). The number of carbonyl (C=O) groups excluding carboxylic acids is 3. The molecule has 0 aromatic rings. The van der Waals surface area contributed by atoms with Crippen LogP contribution in [-0.4, -0.2) is 328 Å². The van der Waals surface area contributed by atoms with Crippen LogP contribution in [0.1, 0.15) is 20.8 Å². The Labute approximate surface area is 431 Å². The van der Waals surface area contributed by atoms with E-state index in [0.29, 0.717) is 0 Å². The molecule has 6 aliphatic heterocycles. The highest BCUT2D eigenvalue weighted by atomic mass is 16.8. The number of ether oxygens (including phenoxy) is 11. The normalized spacial score (nSPS) is 48.2. The van der Waals surface area contributed by atoms with Crippen molar-refractivity contribution in [3.8, 4) is 0 Å². The van der Waals surface area contributed by atoms with Gasteiger partial charge >= 0.3 is 0 Å². The highest BCUT2D eigenvalue weighted by Crippen LogP contribution is 2.37. The summed E-state index contributed by atoms with van der Waals surface area (Å²) in [5.74, 6) is -2.37. The summed E-state index contributed by atoms with van der Waals surface area (Å²) in [6.45, 7) is -2.67. The van der Waals surface area contributed by atoms with Gasteiger partial charge in [-0.2, -0.15) is 0 Å². The Bertz CT molecular complexity index is 1870. The second-order valence-electron chi connectivity index (χ2n) is 19.0. The Hall–Kier alpha value is -2.71. The molecule has 0 bridgehead atoms. The monoisotopic (exact) mass is 1110 g/mol. The van der Waals surface area contributed by atoms with Crippen molar-refractivity contribution in [1.29, 1.82) is 0 Å². The van der Waals surface area contributed by atoms with Gasteiger partial charge in [-0.15, -0.1) is 0 Å². The molecule has 0 unspecified atom stereocenters. The number of carbonyl (C=O) groups is 3. The number of hydrogen-bond acceptors (Lipinski definition) is 31. The molecule has 20 N–H and O–H groups in total. The SMILES string of the molecule is CC(=O)N[C@@H]1[C@@H](O)[C@H](O[C@@H]2O[C@H](CO)[C@@H](O[C@@H]3O[C@H](CO[C@H]4O[C@H](CO)[C@@H](O)[C@H](O)[C@@H]4O)[C@@H](O)[C@H](O[C@H]4O[C@H](CO)[C@@H](O)[C@H](O)[C@@H]4O[C@@H]4O[C@H](CO)[C@@H](O)[C@H](O)[C@H]4NC(C)=O)[C@@H]3O)[C@H](O)[C@H]2NC(C)=O)[C@@H](CO)O[C@H]1O. The fraction of sp³-hybridized carbons (Fsp3) is 0.929. The van der Waals surface area contributed by atoms with Crippen LogP contribution in [0.5, 0.6) is 0 Å². The number of aliphatic hydroxyl groups excluding tert-OH is 17. The lowest BCUT2D eigenvalue weighted by atomic mass is 9.94. The van der Waals surface area contributed by atoms with Gasteiger partial charge in [-0.3, -0.25) is 14.4 Å². The molecule has 34 nitrogen and oxygen atoms in total. The molecule has 30 atom stereocenters. The lowest BCUT2D eigenvalue weighted by Crippen LogP contribution is -2.70. The van der Waals surface area contributed by atoms with Crippen LogP contribution >= 0.6 is 0 Å². The zero-order valence-electron chi connectivity index (χ0n) is 40.9. The van der Waals surface area contributed by atoms with Crippen molar-refractivity contribution in [2.45, 2.75) is 205 Å². The molecule has 0 radical (unpaired) electrons. The summed E-state index contributed by atoms with van der Waals surface area (Å²) in [7, 11) is 0. The van der Waals surface area contributed by atoms with Crippen LogP contribution in [0, 0.1) is 0 Å². The van der Waals surface area contributed by atoms with Gasteiger partial charge in [0.2, 0.25) is 17.7 Å². The first kappa shape index (κ1) is 62.5. The van der Waals surface area contributed by atoms with E-state index in [-0.39, 0.29) is 0 Å². The zero-order chi connectivity index (χ0) is 56.2. The molecule has 3 amide bonds. The van der Waals surface area contributed by atoms with Gasteiger partial charge in [0.1, 0.15) is 146 Å². The lowest BCUT2D eigenvalue weighted by molar-refractivity contribution is -0.394. The number of hydrogen-bond donors (Lipinski definition) is 20. The fourth-order valence-electron chi connectivity index (χ4n) is 9.60. The predicted molar refractivity (Wildman–Crippen MR) is 234 cm³/mol. The minimum Gasteiger partial charge on any atom is -0.394 e. The van der Waals surface area contributed by atoms with Crippen molar-refractivity contribution in [1.82, 2.24) is 16.0 Å². The first-order chi connectivity index (χ1) is 35.9. The molecule has 440 valence electrons. The molecule has 6 saturated heterocycles. The Balaban J connectivity index is 1.33. The van der Waals surface area contributed by atoms with Gasteiger partial charge in [0.05, 0.1) is 39.6 Å². The molecule has 6 fully saturated rings. The summed E-state index contributed by atoms with van der Waals surface area (Å²) in [5, 5.41) is 191. The van der Waals surface area contributed by atoms with Crippen LogP contribution in [0.2, 0.25) is 0 Å². The average Bonchev–Trinajstić information content (AvgIpc) is 3.38. The number of rotatable bonds is 19. The molecule has 0 aromatic heterocycles. The average molecular weight is 1110 g/mol. The smallest absolute Gasteiger partial charge is 0.217 e. The maximum absolute atomic E-state index is 12.6. The van der Waals surface area contributed by atoms with Crippen LogP contribution in [0.3, 0.4) is 0 Å². The molecule has 0 saturated carbocycles. The van der Waals surface area contributed by atoms with Gasteiger partial charge in [0.25, 0.3) is 0 Å². The summed E-state index contributed by atoms with van der Waals surface area (Å²) in [5.41, 5.74) is 0. The van der Waals surface area contributed by atoms with Crippen molar-refractivity contribution in [3.05, 3.63) is 0 Å². The van der Waals surface area contributed by atoms with E-state index in [4.69, 9.17) is 52.1 Å². The molecule has 6 aliphatic rings. The Morgan fingerprint density at radius 2 is 0.724 bits per heavy atom. The fourth-order valence-corrected chi connectivity index (χ4v) is 9.60. The molecule has 6 heterocycles. The maximum atomic E-state index is 12.6. The summed E-state index contributed by atoms with van der Waals surface area (Å²) < 4.78 is 63.7. The second-order valence-corrected chi connectivity index (χ2v) is 19.0. The summed E-state index contributed by atoms with van der Waals surface area (Å²) in [4.78, 5) is 36.8. The quantitative estimate of drug-likeness (QED) is 0.0571. The molecule has 34 heteroatoms. The Morgan fingerprint density at radius 3 is 1.25 bits per heavy atom. The van der Waals surface area contributed by atoms with E-state index in [0.717, 1.165) is 20.8 Å². The van der Waals surface area contributed by atoms with E-state index in [1.54, 1.807) is 0 Å². The molecule has 0 spiro atoms. The van der Waals surface area contributed by atoms with Crippen LogP contribution in [0.15, 0.2) is 0 Å². The van der Waals surface area contributed by atoms with Crippen molar-refractivity contribution >= 4 is 17.7 Å². The minimum absolute atomic E-state index is 0.723. The molecular weight excluding hydrogens is 1040 g/mol. The summed E-state index contributed by atoms with van der Waals surface area (Å²) in [6, 6.07) is -4.99. The van der Waals surface area contributed by atoms with E-state index in [9.17, 15) is 101 Å². The van der Waals surface area contributed by atoms with E-state index >= 15 is 0 Å². The molecule has 0 aromatic carbocycles. The van der Waals surface area contributed by atoms with Crippen LogP contribution in [-0.2, 0) is 66.5 Å². The van der Waals surface area contributed by atoms with Gasteiger partial charge in [-0.25, -0.2) is 0 Å². The van der Waals surface area contributed by atoms with E-state index in [2.05, 4.69) is 16.0 Å². The summed E-state index contributed by atoms with van der Waals surface area (Å²) >= 11 is 0. The van der Waals surface area contributed by atoms with Crippen LogP contribution in [0.25, 0.3) is 0 Å². The van der Waals surface area contributed by atoms with Crippen LogP contribution < -0.4 is 16.0 Å². The number of nitrogens with one attached hydrogen (secondary N) is 3. The minimum atomic E-state index is -2.34. The maximum Gasteiger partial charge on any atom is 0.217 e.